The van der Waals surface area contributed by atoms with Crippen molar-refractivity contribution in [3.63, 3.8) is 0 Å². The molecule has 0 radical (unpaired) electrons. The summed E-state index contributed by atoms with van der Waals surface area (Å²) in [6.07, 6.45) is 4.36. The summed E-state index contributed by atoms with van der Waals surface area (Å²) in [6, 6.07) is 8.81. The Hall–Kier alpha value is -1.02. The molecule has 0 aliphatic carbocycles. The van der Waals surface area contributed by atoms with Gasteiger partial charge in [-0.25, -0.2) is 0 Å². The summed E-state index contributed by atoms with van der Waals surface area (Å²) in [5.74, 6) is 0. The number of anilines is 1. The normalized spacial score (nSPS) is 24.5. The number of benzene rings is 1. The predicted octanol–water partition coefficient (Wildman–Crippen LogP) is 2.23. The minimum absolute atomic E-state index is 0.496. The minimum atomic E-state index is 0.496. The van der Waals surface area contributed by atoms with Gasteiger partial charge in [-0.15, -0.1) is 0 Å². The van der Waals surface area contributed by atoms with Crippen LogP contribution in [0.4, 0.5) is 5.69 Å². The van der Waals surface area contributed by atoms with Gasteiger partial charge in [-0.2, -0.15) is 0 Å². The Morgan fingerprint density at radius 1 is 1.27 bits per heavy atom. The van der Waals surface area contributed by atoms with Gasteiger partial charge in [0.2, 0.25) is 0 Å². The maximum atomic E-state index is 5.33. The van der Waals surface area contributed by atoms with Crippen LogP contribution in [0.5, 0.6) is 0 Å². The average molecular weight is 203 g/mol. The topological polar surface area (TPSA) is 15.8 Å². The van der Waals surface area contributed by atoms with Crippen LogP contribution in [0, 0.1) is 0 Å². The molecule has 1 aromatic carbocycles. The van der Waals surface area contributed by atoms with Gasteiger partial charge in [-0.3, -0.25) is 0 Å². The van der Waals surface area contributed by atoms with Crippen LogP contribution in [0.1, 0.15) is 18.4 Å². The third-order valence-electron chi connectivity index (χ3n) is 3.28. The molecule has 2 heterocycles. The van der Waals surface area contributed by atoms with E-state index in [1.54, 1.807) is 0 Å². The zero-order valence-corrected chi connectivity index (χ0v) is 8.98. The van der Waals surface area contributed by atoms with Crippen LogP contribution in [0.15, 0.2) is 24.3 Å². The number of para-hydroxylation sites is 1. The van der Waals surface area contributed by atoms with Gasteiger partial charge < -0.3 is 9.64 Å². The fraction of sp³-hybridized carbons (Fsp3) is 0.538. The van der Waals surface area contributed by atoms with Crippen LogP contribution >= 0.6 is 0 Å². The Bertz CT molecular complexity index is 346. The molecule has 1 aromatic rings. The first-order valence-corrected chi connectivity index (χ1v) is 5.88. The Balaban J connectivity index is 1.86. The van der Waals surface area contributed by atoms with Gasteiger partial charge in [0.1, 0.15) is 0 Å². The molecule has 1 saturated heterocycles. The largest absolute Gasteiger partial charge is 0.371 e. The van der Waals surface area contributed by atoms with Crippen molar-refractivity contribution in [1.29, 1.82) is 0 Å². The number of nitrogens with zero attached hydrogens (tertiary/aromatic N) is 1. The summed E-state index contributed by atoms with van der Waals surface area (Å²) < 4.78 is 5.33. The van der Waals surface area contributed by atoms with E-state index >= 15 is 0 Å². The molecule has 0 saturated carbocycles. The summed E-state index contributed by atoms with van der Waals surface area (Å²) in [5.41, 5.74) is 2.95. The number of aryl methyl sites for hydroxylation is 1. The molecule has 0 spiro atoms. The van der Waals surface area contributed by atoms with E-state index < -0.39 is 0 Å². The van der Waals surface area contributed by atoms with Crippen molar-refractivity contribution in [2.24, 2.45) is 0 Å². The molecule has 0 N–H and O–H groups in total. The Morgan fingerprint density at radius 2 is 2.13 bits per heavy atom. The molecule has 2 nitrogen and oxygen atoms in total. The first kappa shape index (κ1) is 9.22. The molecular formula is C13H17NO. The quantitative estimate of drug-likeness (QED) is 0.685. The van der Waals surface area contributed by atoms with Crippen molar-refractivity contribution < 1.29 is 4.74 Å². The summed E-state index contributed by atoms with van der Waals surface area (Å²) in [7, 11) is 0. The third-order valence-corrected chi connectivity index (χ3v) is 3.28. The van der Waals surface area contributed by atoms with E-state index in [1.165, 1.54) is 37.1 Å². The monoisotopic (exact) mass is 203 g/mol. The van der Waals surface area contributed by atoms with E-state index in [-0.39, 0.29) is 0 Å². The molecule has 1 atom stereocenters. The zero-order chi connectivity index (χ0) is 10.1. The molecule has 2 heteroatoms. The van der Waals surface area contributed by atoms with Crippen LogP contribution in [0.2, 0.25) is 0 Å². The number of hydrogen-bond donors (Lipinski definition) is 0. The third kappa shape index (κ3) is 2.00. The number of hydrogen-bond acceptors (Lipinski definition) is 2. The minimum Gasteiger partial charge on any atom is -0.371 e. The molecule has 1 fully saturated rings. The Kier molecular flexibility index (Phi) is 2.37. The molecule has 15 heavy (non-hydrogen) atoms. The smallest absolute Gasteiger partial charge is 0.0984 e. The van der Waals surface area contributed by atoms with Gasteiger partial charge in [0.25, 0.3) is 0 Å². The van der Waals surface area contributed by atoms with Crippen molar-refractivity contribution >= 4 is 5.69 Å². The molecular weight excluding hydrogens is 186 g/mol. The van der Waals surface area contributed by atoms with Crippen molar-refractivity contribution in [2.75, 3.05) is 24.6 Å². The summed E-state index contributed by atoms with van der Waals surface area (Å²) in [6.45, 7) is 3.23. The highest BCUT2D eigenvalue weighted by Crippen LogP contribution is 2.27. The highest BCUT2D eigenvalue weighted by Gasteiger charge is 2.26. The molecule has 3 rings (SSSR count). The fourth-order valence-electron chi connectivity index (χ4n) is 2.38. The molecule has 2 aliphatic rings. The van der Waals surface area contributed by atoms with Crippen LogP contribution in [0.3, 0.4) is 0 Å². The molecule has 0 amide bonds. The average Bonchev–Trinajstić information content (AvgIpc) is 3.07. The molecule has 0 aromatic heterocycles. The molecule has 0 bridgehead atoms. The summed E-state index contributed by atoms with van der Waals surface area (Å²) in [4.78, 5) is 2.50. The summed E-state index contributed by atoms with van der Waals surface area (Å²) in [5, 5.41) is 0. The highest BCUT2D eigenvalue weighted by molar-refractivity contribution is 5.54. The maximum absolute atomic E-state index is 5.33. The molecule has 80 valence electrons. The second-order valence-corrected chi connectivity index (χ2v) is 4.49. The van der Waals surface area contributed by atoms with Crippen LogP contribution in [-0.4, -0.2) is 25.8 Å². The number of epoxide rings is 1. The van der Waals surface area contributed by atoms with Crippen molar-refractivity contribution in [1.82, 2.24) is 0 Å². The van der Waals surface area contributed by atoms with E-state index in [4.69, 9.17) is 4.74 Å². The van der Waals surface area contributed by atoms with E-state index in [0.29, 0.717) is 6.10 Å². The van der Waals surface area contributed by atoms with Gasteiger partial charge in [-0.05, 0) is 30.9 Å². The van der Waals surface area contributed by atoms with Gasteiger partial charge >= 0.3 is 0 Å². The lowest BCUT2D eigenvalue weighted by molar-refractivity contribution is 0.407. The van der Waals surface area contributed by atoms with E-state index in [9.17, 15) is 0 Å². The van der Waals surface area contributed by atoms with Crippen LogP contribution in [0.25, 0.3) is 0 Å². The Labute approximate surface area is 90.8 Å². The molecule has 2 aliphatic heterocycles. The lowest BCUT2D eigenvalue weighted by atomic mass is 10.1. The lowest BCUT2D eigenvalue weighted by Gasteiger charge is -2.23. The standard InChI is InChI=1S/C13H17NO/c1-2-7-13-11(5-1)6-3-4-8-14(13)9-12-10-15-12/h1-2,5,7,12H,3-4,6,8-10H2/t12-/m0/s1. The van der Waals surface area contributed by atoms with Crippen molar-refractivity contribution in [3.05, 3.63) is 29.8 Å². The van der Waals surface area contributed by atoms with Crippen LogP contribution in [-0.2, 0) is 11.2 Å². The van der Waals surface area contributed by atoms with Crippen LogP contribution < -0.4 is 4.90 Å². The van der Waals surface area contributed by atoms with E-state index in [1.807, 2.05) is 0 Å². The highest BCUT2D eigenvalue weighted by atomic mass is 16.6. The fourth-order valence-corrected chi connectivity index (χ4v) is 2.38. The van der Waals surface area contributed by atoms with Crippen molar-refractivity contribution in [2.45, 2.75) is 25.4 Å². The second kappa shape index (κ2) is 3.86. The van der Waals surface area contributed by atoms with Gasteiger partial charge in [0.05, 0.1) is 12.7 Å². The van der Waals surface area contributed by atoms with E-state index in [0.717, 1.165) is 13.2 Å². The van der Waals surface area contributed by atoms with Crippen molar-refractivity contribution in [3.8, 4) is 0 Å². The number of fused-ring (bicyclic) bond motifs is 1. The SMILES string of the molecule is c1ccc2c(c1)CCCCN2C[C@H]1CO1. The zero-order valence-electron chi connectivity index (χ0n) is 8.98. The first-order chi connectivity index (χ1) is 7.43. The van der Waals surface area contributed by atoms with Gasteiger partial charge in [-0.1, -0.05) is 18.2 Å². The van der Waals surface area contributed by atoms with E-state index in [2.05, 4.69) is 29.2 Å². The predicted molar refractivity (Wildman–Crippen MR) is 61.3 cm³/mol. The van der Waals surface area contributed by atoms with Gasteiger partial charge in [0, 0.05) is 18.8 Å². The van der Waals surface area contributed by atoms with Gasteiger partial charge in [0.15, 0.2) is 0 Å². The molecule has 0 unspecified atom stereocenters. The Morgan fingerprint density at radius 3 is 3.00 bits per heavy atom. The second-order valence-electron chi connectivity index (χ2n) is 4.49. The lowest BCUT2D eigenvalue weighted by Crippen LogP contribution is -2.28. The number of ether oxygens (including phenoxy) is 1. The maximum Gasteiger partial charge on any atom is 0.0984 e. The summed E-state index contributed by atoms with van der Waals surface area (Å²) >= 11 is 0. The first-order valence-electron chi connectivity index (χ1n) is 5.88. The number of rotatable bonds is 2.